The van der Waals surface area contributed by atoms with Crippen LogP contribution in [0.4, 0.5) is 5.69 Å². The third-order valence-electron chi connectivity index (χ3n) is 3.23. The van der Waals surface area contributed by atoms with Gasteiger partial charge in [0.15, 0.2) is 0 Å². The maximum atomic E-state index is 3.58. The van der Waals surface area contributed by atoms with Gasteiger partial charge < -0.3 is 5.32 Å². The highest BCUT2D eigenvalue weighted by atomic mass is 14.9. The maximum absolute atomic E-state index is 3.58. The number of anilines is 1. The first-order valence-electron chi connectivity index (χ1n) is 7.26. The molecule has 1 unspecified atom stereocenters. The van der Waals surface area contributed by atoms with Crippen LogP contribution in [0, 0.1) is 5.41 Å². The predicted octanol–water partition coefficient (Wildman–Crippen LogP) is 5.27. The van der Waals surface area contributed by atoms with Crippen LogP contribution in [0.3, 0.4) is 0 Å². The highest BCUT2D eigenvalue weighted by molar-refractivity contribution is 5.45. The Morgan fingerprint density at radius 1 is 1.11 bits per heavy atom. The normalized spacial score (nSPS) is 13.4. The van der Waals surface area contributed by atoms with E-state index in [1.807, 2.05) is 0 Å². The average Bonchev–Trinajstić information content (AvgIpc) is 2.29. The molecule has 0 radical (unpaired) electrons. The molecule has 1 aromatic rings. The van der Waals surface area contributed by atoms with E-state index in [9.17, 15) is 0 Å². The number of nitrogens with one attached hydrogen (secondary N) is 1. The van der Waals surface area contributed by atoms with Gasteiger partial charge in [0.05, 0.1) is 0 Å². The minimum Gasteiger partial charge on any atom is -0.383 e. The van der Waals surface area contributed by atoms with Gasteiger partial charge in [-0.05, 0) is 49.3 Å². The van der Waals surface area contributed by atoms with Crippen LogP contribution in [-0.4, -0.2) is 6.04 Å². The summed E-state index contributed by atoms with van der Waals surface area (Å²) in [5.41, 5.74) is 3.11. The van der Waals surface area contributed by atoms with Crippen molar-refractivity contribution in [2.45, 2.75) is 66.3 Å². The van der Waals surface area contributed by atoms with Crippen LogP contribution < -0.4 is 5.32 Å². The fourth-order valence-corrected chi connectivity index (χ4v) is 2.06. The monoisotopic (exact) mass is 247 g/mol. The topological polar surface area (TPSA) is 12.0 Å². The zero-order valence-corrected chi connectivity index (χ0v) is 12.7. The van der Waals surface area contributed by atoms with Crippen molar-refractivity contribution in [2.24, 2.45) is 5.41 Å². The van der Waals surface area contributed by atoms with Crippen LogP contribution in [0.15, 0.2) is 24.3 Å². The highest BCUT2D eigenvalue weighted by Crippen LogP contribution is 2.22. The van der Waals surface area contributed by atoms with Gasteiger partial charge in [-0.2, -0.15) is 0 Å². The van der Waals surface area contributed by atoms with E-state index in [4.69, 9.17) is 0 Å². The summed E-state index contributed by atoms with van der Waals surface area (Å²) in [6, 6.07) is 9.43. The van der Waals surface area contributed by atoms with E-state index in [0.717, 1.165) is 0 Å². The van der Waals surface area contributed by atoms with Crippen LogP contribution in [0.25, 0.3) is 0 Å². The van der Waals surface area contributed by atoms with E-state index in [1.54, 1.807) is 0 Å². The van der Waals surface area contributed by atoms with Gasteiger partial charge in [-0.15, -0.1) is 0 Å². The molecule has 0 bridgehead atoms. The van der Waals surface area contributed by atoms with Gasteiger partial charge in [-0.1, -0.05) is 46.2 Å². The minimum absolute atomic E-state index is 0.431. The molecule has 0 saturated carbocycles. The van der Waals surface area contributed by atoms with E-state index < -0.39 is 0 Å². The zero-order valence-electron chi connectivity index (χ0n) is 12.7. The van der Waals surface area contributed by atoms with Crippen molar-refractivity contribution in [1.82, 2.24) is 0 Å². The molecular weight excluding hydrogens is 218 g/mol. The summed E-state index contributed by atoms with van der Waals surface area (Å²) < 4.78 is 0. The fourth-order valence-electron chi connectivity index (χ4n) is 2.06. The second-order valence-corrected chi connectivity index (χ2v) is 6.59. The fraction of sp³-hybridized carbons (Fsp3) is 0.647. The third kappa shape index (κ3) is 6.09. The first-order chi connectivity index (χ1) is 8.40. The standard InChI is InChI=1S/C17H29N/c1-6-7-15-8-10-16(11-9-15)18-14(2)12-13-17(3,4)5/h8-11,14,18H,6-7,12-13H2,1-5H3. The molecule has 0 aromatic heterocycles. The Labute approximate surface area is 113 Å². The number of hydrogen-bond acceptors (Lipinski definition) is 1. The Balaban J connectivity index is 2.41. The van der Waals surface area contributed by atoms with E-state index in [2.05, 4.69) is 64.2 Å². The molecule has 0 aliphatic carbocycles. The van der Waals surface area contributed by atoms with E-state index in [-0.39, 0.29) is 0 Å². The van der Waals surface area contributed by atoms with E-state index in [1.165, 1.54) is 36.9 Å². The largest absolute Gasteiger partial charge is 0.383 e. The van der Waals surface area contributed by atoms with Gasteiger partial charge in [0.2, 0.25) is 0 Å². The maximum Gasteiger partial charge on any atom is 0.0342 e. The van der Waals surface area contributed by atoms with Crippen molar-refractivity contribution in [3.8, 4) is 0 Å². The van der Waals surface area contributed by atoms with Gasteiger partial charge in [-0.3, -0.25) is 0 Å². The quantitative estimate of drug-likeness (QED) is 0.722. The number of hydrogen-bond donors (Lipinski definition) is 1. The lowest BCUT2D eigenvalue weighted by atomic mass is 9.89. The molecule has 1 rings (SSSR count). The molecule has 0 aliphatic rings. The molecule has 1 N–H and O–H groups in total. The Hall–Kier alpha value is -0.980. The summed E-state index contributed by atoms with van der Waals surface area (Å²) in [7, 11) is 0. The molecule has 18 heavy (non-hydrogen) atoms. The lowest BCUT2D eigenvalue weighted by molar-refractivity contribution is 0.357. The summed E-state index contributed by atoms with van der Waals surface area (Å²) in [6.07, 6.45) is 4.88. The lowest BCUT2D eigenvalue weighted by Gasteiger charge is -2.22. The molecule has 1 aromatic carbocycles. The Morgan fingerprint density at radius 3 is 2.22 bits per heavy atom. The van der Waals surface area contributed by atoms with Crippen molar-refractivity contribution in [2.75, 3.05) is 5.32 Å². The Morgan fingerprint density at radius 2 is 1.72 bits per heavy atom. The van der Waals surface area contributed by atoms with Gasteiger partial charge in [0, 0.05) is 11.7 Å². The van der Waals surface area contributed by atoms with Crippen molar-refractivity contribution < 1.29 is 0 Å². The number of benzene rings is 1. The molecule has 0 amide bonds. The Kier molecular flexibility index (Phi) is 5.71. The molecule has 1 heteroatoms. The molecule has 0 fully saturated rings. The van der Waals surface area contributed by atoms with Crippen LogP contribution in [0.2, 0.25) is 0 Å². The van der Waals surface area contributed by atoms with E-state index >= 15 is 0 Å². The summed E-state index contributed by atoms with van der Waals surface area (Å²) >= 11 is 0. The molecule has 0 aliphatic heterocycles. The number of aryl methyl sites for hydroxylation is 1. The molecule has 102 valence electrons. The van der Waals surface area contributed by atoms with Crippen molar-refractivity contribution in [3.05, 3.63) is 29.8 Å². The molecule has 1 nitrogen and oxygen atoms in total. The lowest BCUT2D eigenvalue weighted by Crippen LogP contribution is -2.18. The summed E-state index contributed by atoms with van der Waals surface area (Å²) in [4.78, 5) is 0. The molecular formula is C17H29N. The molecule has 1 atom stereocenters. The Bertz CT molecular complexity index is 332. The van der Waals surface area contributed by atoms with Crippen LogP contribution >= 0.6 is 0 Å². The second kappa shape index (κ2) is 6.82. The molecule has 0 heterocycles. The highest BCUT2D eigenvalue weighted by Gasteiger charge is 2.12. The average molecular weight is 247 g/mol. The summed E-state index contributed by atoms with van der Waals surface area (Å²) in [5.74, 6) is 0. The van der Waals surface area contributed by atoms with E-state index in [0.29, 0.717) is 11.5 Å². The van der Waals surface area contributed by atoms with Gasteiger partial charge in [-0.25, -0.2) is 0 Å². The van der Waals surface area contributed by atoms with Gasteiger partial charge in [0.1, 0.15) is 0 Å². The van der Waals surface area contributed by atoms with Crippen LogP contribution in [0.5, 0.6) is 0 Å². The molecule has 0 spiro atoms. The third-order valence-corrected chi connectivity index (χ3v) is 3.23. The SMILES string of the molecule is CCCc1ccc(NC(C)CCC(C)(C)C)cc1. The second-order valence-electron chi connectivity index (χ2n) is 6.59. The number of rotatable bonds is 6. The first-order valence-corrected chi connectivity index (χ1v) is 7.26. The molecule has 0 saturated heterocycles. The van der Waals surface area contributed by atoms with Gasteiger partial charge in [0.25, 0.3) is 0 Å². The van der Waals surface area contributed by atoms with Crippen molar-refractivity contribution >= 4 is 5.69 Å². The van der Waals surface area contributed by atoms with Crippen molar-refractivity contribution in [1.29, 1.82) is 0 Å². The van der Waals surface area contributed by atoms with Crippen LogP contribution in [-0.2, 0) is 6.42 Å². The smallest absolute Gasteiger partial charge is 0.0342 e. The minimum atomic E-state index is 0.431. The first kappa shape index (κ1) is 15.1. The van der Waals surface area contributed by atoms with Gasteiger partial charge >= 0.3 is 0 Å². The van der Waals surface area contributed by atoms with Crippen molar-refractivity contribution in [3.63, 3.8) is 0 Å². The summed E-state index contributed by atoms with van der Waals surface area (Å²) in [6.45, 7) is 11.4. The van der Waals surface area contributed by atoms with Crippen LogP contribution in [0.1, 0.15) is 59.4 Å². The summed E-state index contributed by atoms with van der Waals surface area (Å²) in [5, 5.41) is 3.58. The predicted molar refractivity (Wildman–Crippen MR) is 82.2 cm³/mol. The zero-order chi connectivity index (χ0) is 13.6.